The van der Waals surface area contributed by atoms with E-state index < -0.39 is 0 Å². The van der Waals surface area contributed by atoms with Crippen molar-refractivity contribution in [1.82, 2.24) is 5.32 Å². The lowest BCUT2D eigenvalue weighted by Gasteiger charge is -2.26. The van der Waals surface area contributed by atoms with Crippen molar-refractivity contribution in [3.05, 3.63) is 36.9 Å². The highest BCUT2D eigenvalue weighted by molar-refractivity contribution is 5.39. The predicted molar refractivity (Wildman–Crippen MR) is 84.6 cm³/mol. The minimum Gasteiger partial charge on any atom is -0.490 e. The normalized spacial score (nSPS) is 13.6. The van der Waals surface area contributed by atoms with Gasteiger partial charge in [0.15, 0.2) is 11.5 Å². The van der Waals surface area contributed by atoms with Crippen LogP contribution in [-0.4, -0.2) is 26.3 Å². The van der Waals surface area contributed by atoms with E-state index in [9.17, 15) is 0 Å². The lowest BCUT2D eigenvalue weighted by molar-refractivity contribution is 0.231. The molecule has 0 spiro atoms. The molecule has 0 bridgehead atoms. The average Bonchev–Trinajstić information content (AvgIpc) is 2.47. The van der Waals surface area contributed by atoms with Gasteiger partial charge in [-0.05, 0) is 32.0 Å². The molecule has 1 atom stereocenters. The molecule has 20 heavy (non-hydrogen) atoms. The van der Waals surface area contributed by atoms with E-state index in [4.69, 9.17) is 9.47 Å². The Morgan fingerprint density at radius 3 is 2.40 bits per heavy atom. The van der Waals surface area contributed by atoms with Crippen molar-refractivity contribution in [3.63, 3.8) is 0 Å². The van der Waals surface area contributed by atoms with Crippen molar-refractivity contribution < 1.29 is 9.47 Å². The number of benzene rings is 1. The number of nitrogens with one attached hydrogen (secondary N) is 1. The number of para-hydroxylation sites is 2. The van der Waals surface area contributed by atoms with Crippen LogP contribution in [0.4, 0.5) is 0 Å². The Kier molecular flexibility index (Phi) is 7.16. The first kappa shape index (κ1) is 16.6. The lowest BCUT2D eigenvalue weighted by Crippen LogP contribution is -2.31. The molecule has 0 heterocycles. The molecule has 1 aromatic carbocycles. The lowest BCUT2D eigenvalue weighted by atomic mass is 9.87. The van der Waals surface area contributed by atoms with E-state index in [1.165, 1.54) is 0 Å². The number of ether oxygens (including phenoxy) is 2. The SMILES string of the molecule is C=CC(C)(CCOc1ccccc1OCC)CNCC. The van der Waals surface area contributed by atoms with Crippen molar-refractivity contribution in [2.24, 2.45) is 5.41 Å². The van der Waals surface area contributed by atoms with E-state index in [0.29, 0.717) is 13.2 Å². The van der Waals surface area contributed by atoms with Gasteiger partial charge in [-0.15, -0.1) is 6.58 Å². The molecule has 1 unspecified atom stereocenters. The number of hydrogen-bond donors (Lipinski definition) is 1. The maximum absolute atomic E-state index is 5.87. The first-order chi connectivity index (χ1) is 9.65. The Balaban J connectivity index is 2.52. The van der Waals surface area contributed by atoms with E-state index in [0.717, 1.165) is 31.0 Å². The molecule has 112 valence electrons. The monoisotopic (exact) mass is 277 g/mol. The van der Waals surface area contributed by atoms with E-state index >= 15 is 0 Å². The summed E-state index contributed by atoms with van der Waals surface area (Å²) in [5.41, 5.74) is 0.0521. The van der Waals surface area contributed by atoms with Crippen LogP contribution in [0.25, 0.3) is 0 Å². The molecule has 0 saturated carbocycles. The Morgan fingerprint density at radius 2 is 1.85 bits per heavy atom. The smallest absolute Gasteiger partial charge is 0.161 e. The molecule has 3 heteroatoms. The highest BCUT2D eigenvalue weighted by Gasteiger charge is 2.19. The first-order valence-electron chi connectivity index (χ1n) is 7.34. The van der Waals surface area contributed by atoms with Crippen molar-refractivity contribution >= 4 is 0 Å². The maximum atomic E-state index is 5.87. The van der Waals surface area contributed by atoms with Crippen LogP contribution < -0.4 is 14.8 Å². The fourth-order valence-corrected chi connectivity index (χ4v) is 1.91. The average molecular weight is 277 g/mol. The van der Waals surface area contributed by atoms with Crippen LogP contribution in [0.3, 0.4) is 0 Å². The molecule has 1 N–H and O–H groups in total. The predicted octanol–water partition coefficient (Wildman–Crippen LogP) is 3.66. The van der Waals surface area contributed by atoms with Gasteiger partial charge in [0.25, 0.3) is 0 Å². The van der Waals surface area contributed by atoms with Crippen LogP contribution >= 0.6 is 0 Å². The van der Waals surface area contributed by atoms with E-state index in [-0.39, 0.29) is 5.41 Å². The summed E-state index contributed by atoms with van der Waals surface area (Å²) in [6.45, 7) is 13.4. The second kappa shape index (κ2) is 8.64. The van der Waals surface area contributed by atoms with Gasteiger partial charge < -0.3 is 14.8 Å². The Bertz CT molecular complexity index is 406. The van der Waals surface area contributed by atoms with E-state index in [2.05, 4.69) is 25.7 Å². The molecule has 1 rings (SSSR count). The molecule has 0 fully saturated rings. The van der Waals surface area contributed by atoms with Gasteiger partial charge in [-0.3, -0.25) is 0 Å². The van der Waals surface area contributed by atoms with Gasteiger partial charge in [-0.25, -0.2) is 0 Å². The molecule has 0 aliphatic carbocycles. The van der Waals surface area contributed by atoms with Gasteiger partial charge in [0, 0.05) is 12.0 Å². The minimum atomic E-state index is 0.0521. The van der Waals surface area contributed by atoms with Gasteiger partial charge in [0.1, 0.15) is 0 Å². The van der Waals surface area contributed by atoms with Crippen LogP contribution in [0, 0.1) is 5.41 Å². The van der Waals surface area contributed by atoms with E-state index in [1.54, 1.807) is 0 Å². The zero-order valence-electron chi connectivity index (χ0n) is 12.9. The largest absolute Gasteiger partial charge is 0.490 e. The van der Waals surface area contributed by atoms with Crippen LogP contribution in [0.15, 0.2) is 36.9 Å². The molecule has 1 aromatic rings. The van der Waals surface area contributed by atoms with Gasteiger partial charge in [0.2, 0.25) is 0 Å². The summed E-state index contributed by atoms with van der Waals surface area (Å²) in [5.74, 6) is 1.62. The van der Waals surface area contributed by atoms with Gasteiger partial charge >= 0.3 is 0 Å². The standard InChI is InChI=1S/C17H27NO2/c1-5-17(4,14-18-6-2)12-13-20-16-11-9-8-10-15(16)19-7-3/h5,8-11,18H,1,6-7,12-14H2,2-4H3. The van der Waals surface area contributed by atoms with Crippen molar-refractivity contribution in [2.45, 2.75) is 27.2 Å². The van der Waals surface area contributed by atoms with Crippen LogP contribution in [-0.2, 0) is 0 Å². The molecule has 0 radical (unpaired) electrons. The van der Waals surface area contributed by atoms with E-state index in [1.807, 2.05) is 37.3 Å². The molecule has 0 amide bonds. The Labute approximate surface area is 123 Å². The summed E-state index contributed by atoms with van der Waals surface area (Å²) in [6.07, 6.45) is 2.93. The van der Waals surface area contributed by atoms with Crippen molar-refractivity contribution in [3.8, 4) is 11.5 Å². The molecule has 0 aliphatic rings. The molecular formula is C17H27NO2. The van der Waals surface area contributed by atoms with Crippen LogP contribution in [0.1, 0.15) is 27.2 Å². The summed E-state index contributed by atoms with van der Waals surface area (Å²) in [6, 6.07) is 7.80. The minimum absolute atomic E-state index is 0.0521. The molecule has 0 saturated heterocycles. The summed E-state index contributed by atoms with van der Waals surface area (Å²) in [5, 5.41) is 3.37. The fourth-order valence-electron chi connectivity index (χ4n) is 1.91. The second-order valence-electron chi connectivity index (χ2n) is 5.12. The third-order valence-corrected chi connectivity index (χ3v) is 3.35. The summed E-state index contributed by atoms with van der Waals surface area (Å²) < 4.78 is 11.4. The zero-order chi connectivity index (χ0) is 14.8. The number of rotatable bonds is 10. The highest BCUT2D eigenvalue weighted by Crippen LogP contribution is 2.28. The summed E-state index contributed by atoms with van der Waals surface area (Å²) >= 11 is 0. The maximum Gasteiger partial charge on any atom is 0.161 e. The second-order valence-corrected chi connectivity index (χ2v) is 5.12. The molecular weight excluding hydrogens is 250 g/mol. The quantitative estimate of drug-likeness (QED) is 0.662. The van der Waals surface area contributed by atoms with Gasteiger partial charge in [-0.1, -0.05) is 32.1 Å². The number of hydrogen-bond acceptors (Lipinski definition) is 3. The summed E-state index contributed by atoms with van der Waals surface area (Å²) in [4.78, 5) is 0. The Hall–Kier alpha value is -1.48. The summed E-state index contributed by atoms with van der Waals surface area (Å²) in [7, 11) is 0. The zero-order valence-corrected chi connectivity index (χ0v) is 12.9. The van der Waals surface area contributed by atoms with Gasteiger partial charge in [-0.2, -0.15) is 0 Å². The molecule has 0 aliphatic heterocycles. The third kappa shape index (κ3) is 5.25. The van der Waals surface area contributed by atoms with Crippen molar-refractivity contribution in [1.29, 1.82) is 0 Å². The Morgan fingerprint density at radius 1 is 1.20 bits per heavy atom. The third-order valence-electron chi connectivity index (χ3n) is 3.35. The van der Waals surface area contributed by atoms with Gasteiger partial charge in [0.05, 0.1) is 13.2 Å². The highest BCUT2D eigenvalue weighted by atomic mass is 16.5. The van der Waals surface area contributed by atoms with Crippen LogP contribution in [0.2, 0.25) is 0 Å². The topological polar surface area (TPSA) is 30.5 Å². The molecule has 0 aromatic heterocycles. The van der Waals surface area contributed by atoms with Crippen LogP contribution in [0.5, 0.6) is 11.5 Å². The molecule has 3 nitrogen and oxygen atoms in total. The van der Waals surface area contributed by atoms with Crippen molar-refractivity contribution in [2.75, 3.05) is 26.3 Å². The fraction of sp³-hybridized carbons (Fsp3) is 0.529. The first-order valence-corrected chi connectivity index (χ1v) is 7.34.